The van der Waals surface area contributed by atoms with E-state index in [1.165, 1.54) is 4.90 Å². The minimum absolute atomic E-state index is 0.0870. The number of carboxylic acids is 1. The van der Waals surface area contributed by atoms with Gasteiger partial charge in [-0.25, -0.2) is 9.59 Å². The predicted molar refractivity (Wildman–Crippen MR) is 134 cm³/mol. The second-order valence-corrected chi connectivity index (χ2v) is 12.7. The topological polar surface area (TPSA) is 130 Å². The molecule has 1 aliphatic carbocycles. The van der Waals surface area contributed by atoms with Crippen LogP contribution < -0.4 is 5.32 Å². The second-order valence-electron chi connectivity index (χ2n) is 12.7. The van der Waals surface area contributed by atoms with E-state index in [9.17, 15) is 29.1 Å². The third kappa shape index (κ3) is 6.53. The first-order valence-corrected chi connectivity index (χ1v) is 12.5. The normalized spacial score (nSPS) is 24.2. The summed E-state index contributed by atoms with van der Waals surface area (Å²) in [6.07, 6.45) is 1.19. The molecular weight excluding hydrogens is 464 g/mol. The molecule has 2 aliphatic rings. The minimum atomic E-state index is -1.57. The van der Waals surface area contributed by atoms with Crippen LogP contribution in [-0.2, 0) is 23.9 Å². The summed E-state index contributed by atoms with van der Waals surface area (Å²) in [5.41, 5.74) is -1.57. The average Bonchev–Trinajstić information content (AvgIpc) is 3.07. The number of hydrogen-bond donors (Lipinski definition) is 2. The van der Waals surface area contributed by atoms with Crippen LogP contribution in [0.25, 0.3) is 0 Å². The predicted octanol–water partition coefficient (Wildman–Crippen LogP) is 3.60. The number of ether oxygens (including phenoxy) is 1. The van der Waals surface area contributed by atoms with Crippen LogP contribution in [0.1, 0.15) is 74.7 Å². The molecule has 9 heteroatoms. The van der Waals surface area contributed by atoms with E-state index in [1.807, 2.05) is 34.6 Å². The number of fused-ring (bicyclic) bond motifs is 1. The van der Waals surface area contributed by atoms with Gasteiger partial charge in [0.1, 0.15) is 11.6 Å². The molecule has 5 unspecified atom stereocenters. The molecule has 2 fully saturated rings. The smallest absolute Gasteiger partial charge is 0.408 e. The summed E-state index contributed by atoms with van der Waals surface area (Å²) in [5.74, 6) is -4.25. The Balaban J connectivity index is 2.32. The molecule has 0 aromatic carbocycles. The van der Waals surface area contributed by atoms with Gasteiger partial charge in [-0.05, 0) is 56.3 Å². The minimum Gasteiger partial charge on any atom is -0.475 e. The molecule has 2 amide bonds. The first-order valence-electron chi connectivity index (χ1n) is 12.5. The number of rotatable bonds is 10. The summed E-state index contributed by atoms with van der Waals surface area (Å²) in [5, 5.41) is 11.9. The van der Waals surface area contributed by atoms with Gasteiger partial charge in [-0.3, -0.25) is 14.4 Å². The molecule has 36 heavy (non-hydrogen) atoms. The van der Waals surface area contributed by atoms with Gasteiger partial charge in [0.2, 0.25) is 11.7 Å². The number of nitrogens with zero attached hydrogens (tertiary/aromatic N) is 1. The molecular formula is C27H42N2O7. The second kappa shape index (κ2) is 10.3. The average molecular weight is 507 g/mol. The molecule has 1 saturated heterocycles. The number of Topliss-reactive ketones (excluding diaryl/α,β-unsaturated/α-hetero) is 2. The van der Waals surface area contributed by atoms with Crippen LogP contribution in [0.3, 0.4) is 0 Å². The molecule has 0 aromatic rings. The van der Waals surface area contributed by atoms with E-state index in [-0.39, 0.29) is 41.8 Å². The fourth-order valence-corrected chi connectivity index (χ4v) is 5.31. The van der Waals surface area contributed by atoms with Crippen LogP contribution in [0.2, 0.25) is 0 Å². The Morgan fingerprint density at radius 1 is 1.14 bits per heavy atom. The Kier molecular flexibility index (Phi) is 8.48. The molecule has 0 bridgehead atoms. The summed E-state index contributed by atoms with van der Waals surface area (Å²) in [7, 11) is 0. The number of alkyl carbamates (subject to hydrolysis) is 1. The number of piperidine rings is 1. The van der Waals surface area contributed by atoms with Crippen LogP contribution in [0.5, 0.6) is 0 Å². The number of likely N-dealkylation sites (tertiary alicyclic amines) is 1. The number of ketones is 2. The molecule has 0 radical (unpaired) electrons. The molecule has 2 rings (SSSR count). The number of carbonyl (C=O) groups is 5. The van der Waals surface area contributed by atoms with Crippen LogP contribution in [0, 0.1) is 28.6 Å². The van der Waals surface area contributed by atoms with E-state index < -0.39 is 46.9 Å². The maximum Gasteiger partial charge on any atom is 0.408 e. The standard InChI is InChI=1S/C27H42N2O7/c1-10-11-12-15(20(31)23(33)34)13-17(30)19-18-16(27(18,8)9)14-29(19)22(32)21(25(2,3)4)28-24(35)36-26(5,6)7/h10,15-16,18-19,21H,1,11-14H2,2-9H3,(H,28,35)(H,33,34). The lowest BCUT2D eigenvalue weighted by Gasteiger charge is -2.38. The Hall–Kier alpha value is -2.71. The van der Waals surface area contributed by atoms with Crippen molar-refractivity contribution in [2.75, 3.05) is 6.54 Å². The Morgan fingerprint density at radius 2 is 1.72 bits per heavy atom. The summed E-state index contributed by atoms with van der Waals surface area (Å²) in [6.45, 7) is 18.7. The number of amides is 2. The van der Waals surface area contributed by atoms with Crippen molar-refractivity contribution < 1.29 is 33.8 Å². The number of allylic oxidation sites excluding steroid dienone is 1. The maximum absolute atomic E-state index is 13.8. The molecule has 1 aliphatic heterocycles. The quantitative estimate of drug-likeness (QED) is 0.342. The third-order valence-electron chi connectivity index (χ3n) is 7.34. The Morgan fingerprint density at radius 3 is 2.19 bits per heavy atom. The van der Waals surface area contributed by atoms with Gasteiger partial charge in [0, 0.05) is 18.9 Å². The van der Waals surface area contributed by atoms with E-state index >= 15 is 0 Å². The molecule has 9 nitrogen and oxygen atoms in total. The van der Waals surface area contributed by atoms with E-state index in [0.717, 1.165) is 0 Å². The molecule has 5 atom stereocenters. The van der Waals surface area contributed by atoms with Crippen LogP contribution in [-0.4, -0.2) is 63.8 Å². The van der Waals surface area contributed by atoms with Crippen molar-refractivity contribution in [3.05, 3.63) is 12.7 Å². The van der Waals surface area contributed by atoms with Crippen LogP contribution >= 0.6 is 0 Å². The zero-order valence-electron chi connectivity index (χ0n) is 22.8. The van der Waals surface area contributed by atoms with E-state index in [0.29, 0.717) is 13.0 Å². The lowest BCUT2D eigenvalue weighted by atomic mass is 9.84. The van der Waals surface area contributed by atoms with Gasteiger partial charge >= 0.3 is 12.1 Å². The molecule has 1 heterocycles. The SMILES string of the molecule is C=CCCC(CC(=O)C1C2C(CN1C(=O)C(NC(=O)OC(C)(C)C)C(C)(C)C)C2(C)C)C(=O)C(=O)O. The molecule has 2 N–H and O–H groups in total. The number of carbonyl (C=O) groups excluding carboxylic acids is 4. The van der Waals surface area contributed by atoms with Gasteiger partial charge in [-0.2, -0.15) is 0 Å². The van der Waals surface area contributed by atoms with Crippen molar-refractivity contribution >= 4 is 29.5 Å². The van der Waals surface area contributed by atoms with Crippen molar-refractivity contribution in [3.8, 4) is 0 Å². The summed E-state index contributed by atoms with van der Waals surface area (Å²) in [4.78, 5) is 65.1. The highest BCUT2D eigenvalue weighted by Gasteiger charge is 2.69. The lowest BCUT2D eigenvalue weighted by Crippen LogP contribution is -2.58. The number of hydrogen-bond acceptors (Lipinski definition) is 6. The van der Waals surface area contributed by atoms with E-state index in [2.05, 4.69) is 11.9 Å². The monoisotopic (exact) mass is 506 g/mol. The first kappa shape index (κ1) is 29.5. The van der Waals surface area contributed by atoms with Gasteiger partial charge in [0.05, 0.1) is 6.04 Å². The first-order chi connectivity index (χ1) is 16.3. The summed E-state index contributed by atoms with van der Waals surface area (Å²) >= 11 is 0. The van der Waals surface area contributed by atoms with Gasteiger partial charge in [-0.1, -0.05) is 40.7 Å². The number of nitrogens with one attached hydrogen (secondary N) is 1. The van der Waals surface area contributed by atoms with Gasteiger partial charge in [-0.15, -0.1) is 6.58 Å². The lowest BCUT2D eigenvalue weighted by molar-refractivity contribution is -0.152. The third-order valence-corrected chi connectivity index (χ3v) is 7.34. The van der Waals surface area contributed by atoms with Crippen molar-refractivity contribution in [2.24, 2.45) is 28.6 Å². The van der Waals surface area contributed by atoms with Crippen molar-refractivity contribution in [2.45, 2.75) is 92.3 Å². The molecule has 202 valence electrons. The number of aliphatic carboxylic acids is 1. The van der Waals surface area contributed by atoms with Crippen molar-refractivity contribution in [1.82, 2.24) is 10.2 Å². The maximum atomic E-state index is 13.8. The Bertz CT molecular complexity index is 925. The van der Waals surface area contributed by atoms with Gasteiger partial charge < -0.3 is 20.1 Å². The van der Waals surface area contributed by atoms with E-state index in [1.54, 1.807) is 26.8 Å². The largest absolute Gasteiger partial charge is 0.475 e. The van der Waals surface area contributed by atoms with Crippen molar-refractivity contribution in [1.29, 1.82) is 0 Å². The highest BCUT2D eigenvalue weighted by molar-refractivity contribution is 6.33. The Labute approximate surface area is 214 Å². The van der Waals surface area contributed by atoms with Crippen molar-refractivity contribution in [3.63, 3.8) is 0 Å². The summed E-state index contributed by atoms with van der Waals surface area (Å²) < 4.78 is 5.36. The van der Waals surface area contributed by atoms with Crippen LogP contribution in [0.4, 0.5) is 4.79 Å². The highest BCUT2D eigenvalue weighted by atomic mass is 16.6. The zero-order valence-corrected chi connectivity index (χ0v) is 22.8. The fourth-order valence-electron chi connectivity index (χ4n) is 5.31. The molecule has 0 spiro atoms. The van der Waals surface area contributed by atoms with E-state index in [4.69, 9.17) is 4.74 Å². The highest BCUT2D eigenvalue weighted by Crippen LogP contribution is 2.65. The van der Waals surface area contributed by atoms with Gasteiger partial charge in [0.15, 0.2) is 5.78 Å². The molecule has 0 aromatic heterocycles. The number of carboxylic acid groups (broad SMARTS) is 1. The van der Waals surface area contributed by atoms with Gasteiger partial charge in [0.25, 0.3) is 0 Å². The summed E-state index contributed by atoms with van der Waals surface area (Å²) in [6, 6.07) is -1.73. The fraction of sp³-hybridized carbons (Fsp3) is 0.741. The molecule has 1 saturated carbocycles. The zero-order chi connectivity index (χ0) is 27.8. The van der Waals surface area contributed by atoms with Crippen LogP contribution in [0.15, 0.2) is 12.7 Å².